The molecule has 0 saturated heterocycles. The van der Waals surface area contributed by atoms with Crippen molar-refractivity contribution in [3.05, 3.63) is 23.5 Å². The maximum Gasteiger partial charge on any atom is 0.331 e. The zero-order valence-corrected chi connectivity index (χ0v) is 17.8. The minimum atomic E-state index is -1.58. The average molecular weight is 406 g/mol. The number of aliphatic hydroxyl groups is 2. The van der Waals surface area contributed by atoms with Crippen LogP contribution in [0.3, 0.4) is 0 Å². The second-order valence-electron chi connectivity index (χ2n) is 9.59. The van der Waals surface area contributed by atoms with Gasteiger partial charge in [0.25, 0.3) is 0 Å². The number of rotatable bonds is 2. The van der Waals surface area contributed by atoms with E-state index in [9.17, 15) is 19.8 Å². The van der Waals surface area contributed by atoms with Crippen molar-refractivity contribution in [3.63, 3.8) is 0 Å². The van der Waals surface area contributed by atoms with E-state index in [4.69, 9.17) is 14.2 Å². The summed E-state index contributed by atoms with van der Waals surface area (Å²) >= 11 is 0. The van der Waals surface area contributed by atoms with Crippen molar-refractivity contribution >= 4 is 11.8 Å². The number of hydrogen-bond donors (Lipinski definition) is 2. The van der Waals surface area contributed by atoms with E-state index in [0.29, 0.717) is 12.0 Å². The number of fused-ring (bicyclic) bond motifs is 2. The Kier molecular flexibility index (Phi) is 4.37. The molecule has 2 N–H and O–H groups in total. The highest BCUT2D eigenvalue weighted by Gasteiger charge is 2.73. The molecular weight excluding hydrogens is 376 g/mol. The molecule has 3 aliphatic carbocycles. The van der Waals surface area contributed by atoms with Crippen molar-refractivity contribution in [2.24, 2.45) is 28.6 Å². The highest BCUT2D eigenvalue weighted by atomic mass is 16.5. The van der Waals surface area contributed by atoms with Crippen molar-refractivity contribution < 1.29 is 34.0 Å². The third kappa shape index (κ3) is 2.29. The molecular formula is C22H30O7. The quantitative estimate of drug-likeness (QED) is 0.668. The first kappa shape index (κ1) is 20.6. The molecule has 1 heterocycles. The van der Waals surface area contributed by atoms with Crippen LogP contribution in [0.4, 0.5) is 0 Å². The molecule has 2 saturated carbocycles. The normalized spacial score (nSPS) is 51.3. The molecule has 9 unspecified atom stereocenters. The van der Waals surface area contributed by atoms with Gasteiger partial charge in [0.2, 0.25) is 5.78 Å². The minimum absolute atomic E-state index is 0.0131. The fourth-order valence-corrected chi connectivity index (χ4v) is 7.09. The molecule has 0 aromatic carbocycles. The first-order valence-corrected chi connectivity index (χ1v) is 10.1. The van der Waals surface area contributed by atoms with Crippen LogP contribution in [0.25, 0.3) is 0 Å². The third-order valence-corrected chi connectivity index (χ3v) is 8.29. The number of carbonyl (C=O) groups excluding carboxylic acids is 2. The third-order valence-electron chi connectivity index (χ3n) is 8.29. The molecule has 0 bridgehead atoms. The van der Waals surface area contributed by atoms with Crippen LogP contribution in [0.1, 0.15) is 34.1 Å². The summed E-state index contributed by atoms with van der Waals surface area (Å²) in [7, 11) is 2.89. The van der Waals surface area contributed by atoms with Crippen LogP contribution in [0.5, 0.6) is 0 Å². The van der Waals surface area contributed by atoms with E-state index in [0.717, 1.165) is 0 Å². The van der Waals surface area contributed by atoms with Crippen LogP contribution < -0.4 is 0 Å². The molecule has 0 radical (unpaired) electrons. The maximum absolute atomic E-state index is 13.6. The summed E-state index contributed by atoms with van der Waals surface area (Å²) in [6.45, 7) is 7.32. The van der Waals surface area contributed by atoms with Gasteiger partial charge in [-0.15, -0.1) is 0 Å². The zero-order valence-electron chi connectivity index (χ0n) is 17.8. The number of Topliss-reactive ketones (excluding diaryl/α,β-unsaturated/α-hetero) is 1. The molecule has 0 spiro atoms. The summed E-state index contributed by atoms with van der Waals surface area (Å²) in [4.78, 5) is 26.0. The summed E-state index contributed by atoms with van der Waals surface area (Å²) in [6, 6.07) is 0. The van der Waals surface area contributed by atoms with Crippen LogP contribution in [0.15, 0.2) is 23.5 Å². The standard InChI is InChI=1S/C22H30O7/c1-10-7-12(27-5)18(25)20(2)11(10)8-14-21(3)13(9-15(23)29-14)22(4,26)19(28-6)16(24)17(20)21/h7,9-11,14,16-17,19,24,26H,8H2,1-6H3. The van der Waals surface area contributed by atoms with Crippen LogP contribution in [-0.2, 0) is 23.8 Å². The molecule has 1 aliphatic heterocycles. The first-order valence-electron chi connectivity index (χ1n) is 10.1. The van der Waals surface area contributed by atoms with Gasteiger partial charge in [0.05, 0.1) is 13.2 Å². The van der Waals surface area contributed by atoms with E-state index in [-0.39, 0.29) is 23.4 Å². The predicted molar refractivity (Wildman–Crippen MR) is 102 cm³/mol. The second kappa shape index (κ2) is 6.15. The Labute approximate surface area is 170 Å². The lowest BCUT2D eigenvalue weighted by Gasteiger charge is -2.67. The molecule has 0 aromatic heterocycles. The van der Waals surface area contributed by atoms with Crippen LogP contribution in [0.2, 0.25) is 0 Å². The number of allylic oxidation sites excluding steroid dienone is 2. The van der Waals surface area contributed by atoms with Crippen molar-refractivity contribution in [1.29, 1.82) is 0 Å². The predicted octanol–water partition coefficient (Wildman–Crippen LogP) is 1.38. The van der Waals surface area contributed by atoms with Crippen molar-refractivity contribution in [3.8, 4) is 0 Å². The van der Waals surface area contributed by atoms with E-state index < -0.39 is 46.6 Å². The molecule has 7 heteroatoms. The van der Waals surface area contributed by atoms with E-state index in [1.807, 2.05) is 26.8 Å². The van der Waals surface area contributed by atoms with Gasteiger partial charge in [0, 0.05) is 29.9 Å². The summed E-state index contributed by atoms with van der Waals surface area (Å²) in [5.41, 5.74) is -3.01. The number of hydrogen-bond acceptors (Lipinski definition) is 7. The van der Waals surface area contributed by atoms with E-state index in [1.165, 1.54) is 20.3 Å². The lowest BCUT2D eigenvalue weighted by Crippen LogP contribution is -2.74. The second-order valence-corrected chi connectivity index (χ2v) is 9.59. The Bertz CT molecular complexity index is 827. The number of ketones is 1. The Morgan fingerprint density at radius 3 is 2.41 bits per heavy atom. The average Bonchev–Trinajstić information content (AvgIpc) is 2.63. The summed E-state index contributed by atoms with van der Waals surface area (Å²) in [5, 5.41) is 22.8. The highest BCUT2D eigenvalue weighted by molar-refractivity contribution is 6.00. The monoisotopic (exact) mass is 406 g/mol. The molecule has 0 aromatic rings. The lowest BCUT2D eigenvalue weighted by molar-refractivity contribution is -0.251. The Hall–Kier alpha value is -1.70. The van der Waals surface area contributed by atoms with E-state index >= 15 is 0 Å². The molecule has 4 aliphatic rings. The molecule has 160 valence electrons. The lowest BCUT2D eigenvalue weighted by atomic mass is 9.39. The number of ether oxygens (including phenoxy) is 3. The van der Waals surface area contributed by atoms with Gasteiger partial charge < -0.3 is 24.4 Å². The van der Waals surface area contributed by atoms with E-state index in [1.54, 1.807) is 6.92 Å². The van der Waals surface area contributed by atoms with Crippen molar-refractivity contribution in [1.82, 2.24) is 0 Å². The van der Waals surface area contributed by atoms with Gasteiger partial charge in [-0.1, -0.05) is 20.8 Å². The fourth-order valence-electron chi connectivity index (χ4n) is 7.09. The molecule has 9 atom stereocenters. The number of esters is 1. The Morgan fingerprint density at radius 2 is 1.83 bits per heavy atom. The highest BCUT2D eigenvalue weighted by Crippen LogP contribution is 2.68. The summed E-state index contributed by atoms with van der Waals surface area (Å²) in [6.07, 6.45) is 0.913. The van der Waals surface area contributed by atoms with Gasteiger partial charge in [0.1, 0.15) is 17.8 Å². The Balaban J connectivity index is 2.00. The molecule has 7 nitrogen and oxygen atoms in total. The fraction of sp³-hybridized carbons (Fsp3) is 0.727. The molecule has 29 heavy (non-hydrogen) atoms. The smallest absolute Gasteiger partial charge is 0.331 e. The van der Waals surface area contributed by atoms with Gasteiger partial charge in [-0.2, -0.15) is 0 Å². The largest absolute Gasteiger partial charge is 0.493 e. The topological polar surface area (TPSA) is 102 Å². The SMILES string of the molecule is COC1=CC(C)C2CC3OC(=O)C=C4C(C)(O)C(OC)C(O)C(C43C)C2(C)C1=O. The summed E-state index contributed by atoms with van der Waals surface area (Å²) < 4.78 is 16.6. The van der Waals surface area contributed by atoms with Gasteiger partial charge >= 0.3 is 5.97 Å². The summed E-state index contributed by atoms with van der Waals surface area (Å²) in [5.74, 6) is -1.19. The van der Waals surface area contributed by atoms with Gasteiger partial charge in [0.15, 0.2) is 5.76 Å². The van der Waals surface area contributed by atoms with Crippen molar-refractivity contribution in [2.45, 2.75) is 58.0 Å². The first-order chi connectivity index (χ1) is 13.4. The van der Waals surface area contributed by atoms with Gasteiger partial charge in [-0.3, -0.25) is 4.79 Å². The van der Waals surface area contributed by atoms with E-state index in [2.05, 4.69) is 0 Å². The number of carbonyl (C=O) groups is 2. The van der Waals surface area contributed by atoms with Gasteiger partial charge in [-0.25, -0.2) is 4.79 Å². The minimum Gasteiger partial charge on any atom is -0.493 e. The maximum atomic E-state index is 13.6. The van der Waals surface area contributed by atoms with Crippen LogP contribution in [0, 0.1) is 28.6 Å². The number of aliphatic hydroxyl groups excluding tert-OH is 1. The van der Waals surface area contributed by atoms with Crippen LogP contribution in [-0.4, -0.2) is 60.1 Å². The molecule has 0 amide bonds. The molecule has 4 rings (SSSR count). The van der Waals surface area contributed by atoms with Gasteiger partial charge in [-0.05, 0) is 36.8 Å². The Morgan fingerprint density at radius 1 is 1.17 bits per heavy atom. The molecule has 2 fully saturated rings. The van der Waals surface area contributed by atoms with Crippen molar-refractivity contribution in [2.75, 3.05) is 14.2 Å². The zero-order chi connectivity index (χ0) is 21.5. The number of methoxy groups -OCH3 is 2. The van der Waals surface area contributed by atoms with Crippen LogP contribution >= 0.6 is 0 Å².